The lowest BCUT2D eigenvalue weighted by Gasteiger charge is -2.28. The van der Waals surface area contributed by atoms with Crippen LogP contribution in [-0.2, 0) is 19.1 Å². The maximum atomic E-state index is 12.7. The Labute approximate surface area is 166 Å². The van der Waals surface area contributed by atoms with E-state index in [9.17, 15) is 18.0 Å². The van der Waals surface area contributed by atoms with Gasteiger partial charge in [-0.1, -0.05) is 24.3 Å². The number of alkyl halides is 3. The lowest BCUT2D eigenvalue weighted by Crippen LogP contribution is -2.36. The number of pyridine rings is 1. The molecular formula is C22H18F3N3O. The molecule has 0 fully saturated rings. The summed E-state index contributed by atoms with van der Waals surface area (Å²) in [6.45, 7) is 1.20. The van der Waals surface area contributed by atoms with Gasteiger partial charge in [-0.05, 0) is 53.9 Å². The van der Waals surface area contributed by atoms with E-state index in [2.05, 4.69) is 16.4 Å². The molecule has 29 heavy (non-hydrogen) atoms. The van der Waals surface area contributed by atoms with Gasteiger partial charge in [-0.15, -0.1) is 0 Å². The number of amides is 1. The fraction of sp³-hybridized carbons (Fsp3) is 0.182. The maximum Gasteiger partial charge on any atom is 0.416 e. The van der Waals surface area contributed by atoms with Crippen LogP contribution in [0.3, 0.4) is 0 Å². The van der Waals surface area contributed by atoms with Crippen LogP contribution in [0.4, 0.5) is 24.5 Å². The Balaban J connectivity index is 1.42. The molecule has 1 aromatic heterocycles. The Kier molecular flexibility index (Phi) is 4.96. The first-order valence-corrected chi connectivity index (χ1v) is 9.16. The number of anilines is 2. The smallest absolute Gasteiger partial charge is 0.354 e. The molecule has 7 heteroatoms. The number of benzene rings is 2. The molecular weight excluding hydrogens is 379 g/mol. The monoisotopic (exact) mass is 397 g/mol. The second-order valence-electron chi connectivity index (χ2n) is 6.88. The number of carbonyl (C=O) groups excluding carboxylic acids is 1. The molecule has 1 aliphatic rings. The van der Waals surface area contributed by atoms with Crippen molar-refractivity contribution in [1.82, 2.24) is 9.88 Å². The van der Waals surface area contributed by atoms with Crippen LogP contribution < -0.4 is 5.32 Å². The molecule has 4 nitrogen and oxygen atoms in total. The number of hydrogen-bond acceptors (Lipinski definition) is 3. The van der Waals surface area contributed by atoms with Gasteiger partial charge in [-0.3, -0.25) is 4.79 Å². The average Bonchev–Trinajstić information content (AvgIpc) is 2.73. The Morgan fingerprint density at radius 1 is 0.931 bits per heavy atom. The molecule has 0 atom stereocenters. The standard InChI is InChI=1S/C22H18F3N3O/c23-22(24,25)17-5-7-18(8-6-17)27-19-9-10-20(26-13-19)21(29)28-12-11-15-3-1-2-4-16(15)14-28/h1-10,13,27H,11-12,14H2. The van der Waals surface area contributed by atoms with Crippen molar-refractivity contribution < 1.29 is 18.0 Å². The summed E-state index contributed by atoms with van der Waals surface area (Å²) in [7, 11) is 0. The van der Waals surface area contributed by atoms with Gasteiger partial charge < -0.3 is 10.2 Å². The van der Waals surface area contributed by atoms with Gasteiger partial charge in [-0.2, -0.15) is 13.2 Å². The highest BCUT2D eigenvalue weighted by Gasteiger charge is 2.30. The van der Waals surface area contributed by atoms with Crippen molar-refractivity contribution in [3.63, 3.8) is 0 Å². The predicted molar refractivity (Wildman–Crippen MR) is 104 cm³/mol. The number of carbonyl (C=O) groups is 1. The van der Waals surface area contributed by atoms with Gasteiger partial charge in [0.15, 0.2) is 0 Å². The van der Waals surface area contributed by atoms with Crippen molar-refractivity contribution in [2.24, 2.45) is 0 Å². The Hall–Kier alpha value is -3.35. The first kappa shape index (κ1) is 19.0. The minimum absolute atomic E-state index is 0.138. The number of nitrogens with zero attached hydrogens (tertiary/aromatic N) is 2. The first-order valence-electron chi connectivity index (χ1n) is 9.16. The second kappa shape index (κ2) is 7.58. The second-order valence-corrected chi connectivity index (χ2v) is 6.88. The third-order valence-corrected chi connectivity index (χ3v) is 4.90. The molecule has 2 aromatic carbocycles. The average molecular weight is 397 g/mol. The summed E-state index contributed by atoms with van der Waals surface area (Å²) in [6.07, 6.45) is -2.05. The highest BCUT2D eigenvalue weighted by atomic mass is 19.4. The summed E-state index contributed by atoms with van der Waals surface area (Å²) < 4.78 is 37.9. The van der Waals surface area contributed by atoms with Gasteiger partial charge in [0.05, 0.1) is 17.4 Å². The van der Waals surface area contributed by atoms with E-state index in [1.54, 1.807) is 17.0 Å². The van der Waals surface area contributed by atoms with Crippen molar-refractivity contribution in [3.8, 4) is 0 Å². The third-order valence-electron chi connectivity index (χ3n) is 4.90. The summed E-state index contributed by atoms with van der Waals surface area (Å²) in [6, 6.07) is 16.1. The minimum Gasteiger partial charge on any atom is -0.354 e. The molecule has 0 saturated heterocycles. The van der Waals surface area contributed by atoms with E-state index in [1.807, 2.05) is 18.2 Å². The molecule has 1 amide bonds. The normalized spacial score (nSPS) is 13.7. The number of hydrogen-bond donors (Lipinski definition) is 1. The van der Waals surface area contributed by atoms with Crippen molar-refractivity contribution >= 4 is 17.3 Å². The van der Waals surface area contributed by atoms with E-state index in [0.29, 0.717) is 30.2 Å². The summed E-state index contributed by atoms with van der Waals surface area (Å²) >= 11 is 0. The zero-order chi connectivity index (χ0) is 20.4. The van der Waals surface area contributed by atoms with E-state index < -0.39 is 11.7 Å². The van der Waals surface area contributed by atoms with Gasteiger partial charge >= 0.3 is 6.18 Å². The van der Waals surface area contributed by atoms with Gasteiger partial charge in [0.25, 0.3) is 5.91 Å². The first-order chi connectivity index (χ1) is 13.9. The lowest BCUT2D eigenvalue weighted by molar-refractivity contribution is -0.137. The van der Waals surface area contributed by atoms with E-state index in [0.717, 1.165) is 24.1 Å². The van der Waals surface area contributed by atoms with Gasteiger partial charge in [0.1, 0.15) is 5.69 Å². The van der Waals surface area contributed by atoms with Crippen LogP contribution in [0, 0.1) is 0 Å². The Morgan fingerprint density at radius 2 is 1.62 bits per heavy atom. The summed E-state index contributed by atoms with van der Waals surface area (Å²) in [5.74, 6) is -0.138. The van der Waals surface area contributed by atoms with Crippen LogP contribution in [0.2, 0.25) is 0 Å². The van der Waals surface area contributed by atoms with Crippen LogP contribution in [0.15, 0.2) is 66.9 Å². The number of halogens is 3. The molecule has 0 saturated carbocycles. The largest absolute Gasteiger partial charge is 0.416 e. The van der Waals surface area contributed by atoms with Crippen LogP contribution in [-0.4, -0.2) is 22.3 Å². The minimum atomic E-state index is -4.36. The number of fused-ring (bicyclic) bond motifs is 1. The van der Waals surface area contributed by atoms with E-state index in [-0.39, 0.29) is 5.91 Å². The van der Waals surface area contributed by atoms with Crippen molar-refractivity contribution in [1.29, 1.82) is 0 Å². The molecule has 148 valence electrons. The van der Waals surface area contributed by atoms with Crippen LogP contribution in [0.25, 0.3) is 0 Å². The molecule has 2 heterocycles. The summed E-state index contributed by atoms with van der Waals surface area (Å²) in [4.78, 5) is 18.7. The topological polar surface area (TPSA) is 45.2 Å². The van der Waals surface area contributed by atoms with Crippen LogP contribution in [0.1, 0.15) is 27.2 Å². The number of nitrogens with one attached hydrogen (secondary N) is 1. The van der Waals surface area contributed by atoms with Gasteiger partial charge in [0, 0.05) is 18.8 Å². The van der Waals surface area contributed by atoms with E-state index in [1.165, 1.54) is 23.9 Å². The van der Waals surface area contributed by atoms with E-state index >= 15 is 0 Å². The molecule has 0 radical (unpaired) electrons. The van der Waals surface area contributed by atoms with E-state index in [4.69, 9.17) is 0 Å². The summed E-state index contributed by atoms with van der Waals surface area (Å²) in [5.41, 5.74) is 3.14. The lowest BCUT2D eigenvalue weighted by atomic mass is 10.00. The molecule has 4 rings (SSSR count). The Morgan fingerprint density at radius 3 is 2.28 bits per heavy atom. The highest BCUT2D eigenvalue weighted by Crippen LogP contribution is 2.30. The molecule has 0 aliphatic carbocycles. The quantitative estimate of drug-likeness (QED) is 0.673. The predicted octanol–water partition coefficient (Wildman–Crippen LogP) is 5.04. The van der Waals surface area contributed by atoms with Crippen LogP contribution >= 0.6 is 0 Å². The molecule has 1 aliphatic heterocycles. The fourth-order valence-electron chi connectivity index (χ4n) is 3.33. The highest BCUT2D eigenvalue weighted by molar-refractivity contribution is 5.92. The van der Waals surface area contributed by atoms with Crippen molar-refractivity contribution in [3.05, 3.63) is 89.2 Å². The Bertz CT molecular complexity index is 1010. The van der Waals surface area contributed by atoms with Gasteiger partial charge in [-0.25, -0.2) is 4.98 Å². The molecule has 3 aromatic rings. The molecule has 0 spiro atoms. The maximum absolute atomic E-state index is 12.7. The molecule has 0 unspecified atom stereocenters. The SMILES string of the molecule is O=C(c1ccc(Nc2ccc(C(F)(F)F)cc2)cn1)N1CCc2ccccc2C1. The number of aromatic nitrogens is 1. The summed E-state index contributed by atoms with van der Waals surface area (Å²) in [5, 5.41) is 2.99. The molecule has 1 N–H and O–H groups in total. The molecule has 0 bridgehead atoms. The zero-order valence-corrected chi connectivity index (χ0v) is 15.4. The third kappa shape index (κ3) is 4.23. The number of rotatable bonds is 3. The fourth-order valence-corrected chi connectivity index (χ4v) is 3.33. The van der Waals surface area contributed by atoms with Crippen molar-refractivity contribution in [2.45, 2.75) is 19.1 Å². The van der Waals surface area contributed by atoms with Crippen molar-refractivity contribution in [2.75, 3.05) is 11.9 Å². The zero-order valence-electron chi connectivity index (χ0n) is 15.4. The van der Waals surface area contributed by atoms with Gasteiger partial charge in [0.2, 0.25) is 0 Å². The van der Waals surface area contributed by atoms with Crippen LogP contribution in [0.5, 0.6) is 0 Å².